The van der Waals surface area contributed by atoms with Crippen molar-refractivity contribution in [1.82, 2.24) is 5.32 Å². The fourth-order valence-corrected chi connectivity index (χ4v) is 1.38. The highest BCUT2D eigenvalue weighted by atomic mass is 14.9. The third kappa shape index (κ3) is 5.94. The molecule has 2 atom stereocenters. The van der Waals surface area contributed by atoms with Crippen molar-refractivity contribution in [2.75, 3.05) is 0 Å². The largest absolute Gasteiger partial charge is 0.312 e. The molecular weight excluding hydrogens is 135 g/mol. The molecule has 1 aliphatic heterocycles. The van der Waals surface area contributed by atoms with Gasteiger partial charge in [-0.15, -0.1) is 0 Å². The smallest absolute Gasteiger partial charge is 0.229 e. The number of piperidine rings is 1. The Labute approximate surface area is 70.4 Å². The Morgan fingerprint density at radius 3 is 1.91 bits per heavy atom. The third-order valence-electron chi connectivity index (χ3n) is 1.84. The van der Waals surface area contributed by atoms with Gasteiger partial charge in [0.1, 0.15) is 0 Å². The van der Waals surface area contributed by atoms with Crippen molar-refractivity contribution < 1.29 is 0 Å². The van der Waals surface area contributed by atoms with Crippen LogP contribution in [0.3, 0.4) is 0 Å². The Hall–Kier alpha value is -0.485. The van der Waals surface area contributed by atoms with E-state index in [1.807, 2.05) is 0 Å². The van der Waals surface area contributed by atoms with Gasteiger partial charge in [-0.25, -0.2) is 5.26 Å². The molecule has 11 heavy (non-hydrogen) atoms. The molecule has 60 valence electrons. The standard InChI is InChI=1S/C7H15N.CBN/c1-6-4-3-5-7(2)8-6;2-1-3/h6-8H,3-5H2,1-2H3;. The van der Waals surface area contributed by atoms with Crippen LogP contribution in [0.15, 0.2) is 0 Å². The number of nitrogens with one attached hydrogen (secondary N) is 1. The second-order valence-electron chi connectivity index (χ2n) is 3.03. The predicted octanol–water partition coefficient (Wildman–Crippen LogP) is 1.17. The van der Waals surface area contributed by atoms with E-state index in [4.69, 9.17) is 5.26 Å². The van der Waals surface area contributed by atoms with Crippen molar-refractivity contribution in [3.63, 3.8) is 0 Å². The summed E-state index contributed by atoms with van der Waals surface area (Å²) in [4.78, 5) is 0. The minimum absolute atomic E-state index is 0.763. The molecule has 0 spiro atoms. The van der Waals surface area contributed by atoms with Gasteiger partial charge in [0.15, 0.2) is 0 Å². The quantitative estimate of drug-likeness (QED) is 0.526. The molecule has 1 heterocycles. The second-order valence-corrected chi connectivity index (χ2v) is 3.03. The molecule has 0 saturated carbocycles. The maximum Gasteiger partial charge on any atom is 0.229 e. The van der Waals surface area contributed by atoms with E-state index in [-0.39, 0.29) is 0 Å². The zero-order valence-corrected chi connectivity index (χ0v) is 7.30. The Morgan fingerprint density at radius 2 is 1.73 bits per heavy atom. The van der Waals surface area contributed by atoms with Crippen molar-refractivity contribution in [3.05, 3.63) is 0 Å². The minimum Gasteiger partial charge on any atom is -0.312 e. The van der Waals surface area contributed by atoms with Gasteiger partial charge in [0.05, 0.1) is 0 Å². The van der Waals surface area contributed by atoms with Gasteiger partial charge >= 0.3 is 0 Å². The van der Waals surface area contributed by atoms with Gasteiger partial charge in [-0.3, -0.25) is 0 Å². The number of hydrogen-bond acceptors (Lipinski definition) is 2. The molecule has 3 heteroatoms. The first-order valence-corrected chi connectivity index (χ1v) is 4.06. The molecule has 0 bridgehead atoms. The SMILES string of the molecule is CC1CCCC(C)N1.[B]C#N. The molecule has 1 saturated heterocycles. The molecule has 2 nitrogen and oxygen atoms in total. The van der Waals surface area contributed by atoms with Crippen molar-refractivity contribution in [3.8, 4) is 5.97 Å². The fraction of sp³-hybridized carbons (Fsp3) is 0.875. The molecule has 1 fully saturated rings. The number of hydrogen-bond donors (Lipinski definition) is 1. The molecule has 1 rings (SSSR count). The van der Waals surface area contributed by atoms with Crippen LogP contribution in [0.5, 0.6) is 0 Å². The molecule has 0 aromatic carbocycles. The molecule has 0 aromatic heterocycles. The van der Waals surface area contributed by atoms with Crippen LogP contribution in [0, 0.1) is 11.2 Å². The van der Waals surface area contributed by atoms with Gasteiger partial charge < -0.3 is 5.32 Å². The van der Waals surface area contributed by atoms with E-state index in [0.29, 0.717) is 0 Å². The normalized spacial score (nSPS) is 29.5. The highest BCUT2D eigenvalue weighted by Crippen LogP contribution is 2.10. The van der Waals surface area contributed by atoms with Gasteiger partial charge in [-0.1, -0.05) is 6.42 Å². The highest BCUT2D eigenvalue weighted by Gasteiger charge is 2.11. The summed E-state index contributed by atoms with van der Waals surface area (Å²) in [7, 11) is 4.15. The Bertz CT molecular complexity index is 123. The topological polar surface area (TPSA) is 35.8 Å². The molecule has 0 aromatic rings. The summed E-state index contributed by atoms with van der Waals surface area (Å²) < 4.78 is 0. The summed E-state index contributed by atoms with van der Waals surface area (Å²) in [6.45, 7) is 4.52. The Balaban J connectivity index is 0.000000292. The van der Waals surface area contributed by atoms with Crippen LogP contribution in [0.4, 0.5) is 0 Å². The predicted molar refractivity (Wildman–Crippen MR) is 47.3 cm³/mol. The molecule has 0 aliphatic carbocycles. The van der Waals surface area contributed by atoms with E-state index < -0.39 is 0 Å². The van der Waals surface area contributed by atoms with Crippen LogP contribution in [0.25, 0.3) is 0 Å². The average Bonchev–Trinajstić information content (AvgIpc) is 1.88. The molecule has 0 amide bonds. The molecule has 1 aliphatic rings. The van der Waals surface area contributed by atoms with Crippen molar-refractivity contribution >= 4 is 7.85 Å². The molecule has 2 unspecified atom stereocenters. The van der Waals surface area contributed by atoms with Crippen molar-refractivity contribution in [2.45, 2.75) is 45.2 Å². The lowest BCUT2D eigenvalue weighted by Crippen LogP contribution is -2.38. The summed E-state index contributed by atoms with van der Waals surface area (Å²) in [5.74, 6) is 1.25. The van der Waals surface area contributed by atoms with Gasteiger partial charge in [-0.2, -0.15) is 0 Å². The molecular formula is C8H15BN2. The lowest BCUT2D eigenvalue weighted by atomic mass is 10.0. The van der Waals surface area contributed by atoms with Crippen molar-refractivity contribution in [1.29, 1.82) is 5.26 Å². The first-order valence-electron chi connectivity index (χ1n) is 4.06. The van der Waals surface area contributed by atoms with Crippen LogP contribution >= 0.6 is 0 Å². The maximum absolute atomic E-state index is 7.10. The van der Waals surface area contributed by atoms with E-state index in [2.05, 4.69) is 27.0 Å². The van der Waals surface area contributed by atoms with Crippen LogP contribution < -0.4 is 5.32 Å². The molecule has 2 radical (unpaired) electrons. The van der Waals surface area contributed by atoms with E-state index in [0.717, 1.165) is 12.1 Å². The van der Waals surface area contributed by atoms with Crippen LogP contribution in [-0.2, 0) is 0 Å². The summed E-state index contributed by atoms with van der Waals surface area (Å²) >= 11 is 0. The first-order chi connectivity index (χ1) is 5.20. The lowest BCUT2D eigenvalue weighted by molar-refractivity contribution is 0.352. The lowest BCUT2D eigenvalue weighted by Gasteiger charge is -2.25. The van der Waals surface area contributed by atoms with E-state index in [1.165, 1.54) is 25.2 Å². The van der Waals surface area contributed by atoms with E-state index >= 15 is 0 Å². The zero-order chi connectivity index (χ0) is 8.69. The van der Waals surface area contributed by atoms with Crippen LogP contribution in [-0.4, -0.2) is 19.9 Å². The Kier molecular flexibility index (Phi) is 5.96. The summed E-state index contributed by atoms with van der Waals surface area (Å²) in [5, 5.41) is 10.6. The van der Waals surface area contributed by atoms with Gasteiger partial charge in [0, 0.05) is 12.1 Å². The van der Waals surface area contributed by atoms with Gasteiger partial charge in [0.25, 0.3) is 0 Å². The van der Waals surface area contributed by atoms with E-state index in [9.17, 15) is 0 Å². The minimum atomic E-state index is 0.763. The second kappa shape index (κ2) is 6.24. The highest BCUT2D eigenvalue weighted by molar-refractivity contribution is 6.20. The van der Waals surface area contributed by atoms with Gasteiger partial charge in [-0.05, 0) is 32.7 Å². The summed E-state index contributed by atoms with van der Waals surface area (Å²) in [6, 6.07) is 1.53. The van der Waals surface area contributed by atoms with Crippen LogP contribution in [0.1, 0.15) is 33.1 Å². The Morgan fingerprint density at radius 1 is 1.36 bits per heavy atom. The van der Waals surface area contributed by atoms with Gasteiger partial charge in [0.2, 0.25) is 7.85 Å². The number of rotatable bonds is 0. The zero-order valence-electron chi connectivity index (χ0n) is 7.30. The molecule has 1 N–H and O–H groups in total. The maximum atomic E-state index is 7.10. The summed E-state index contributed by atoms with van der Waals surface area (Å²) in [6.07, 6.45) is 4.14. The fourth-order valence-electron chi connectivity index (χ4n) is 1.38. The third-order valence-corrected chi connectivity index (χ3v) is 1.84. The average molecular weight is 150 g/mol. The summed E-state index contributed by atoms with van der Waals surface area (Å²) in [5.41, 5.74) is 0. The number of nitriles is 1. The monoisotopic (exact) mass is 150 g/mol. The van der Waals surface area contributed by atoms with Crippen molar-refractivity contribution in [2.24, 2.45) is 0 Å². The van der Waals surface area contributed by atoms with E-state index in [1.54, 1.807) is 0 Å². The first kappa shape index (κ1) is 10.5. The number of nitrogens with zero attached hydrogens (tertiary/aromatic N) is 1. The van der Waals surface area contributed by atoms with Crippen LogP contribution in [0.2, 0.25) is 0 Å².